The lowest BCUT2D eigenvalue weighted by Gasteiger charge is -2.25. The summed E-state index contributed by atoms with van der Waals surface area (Å²) in [6.45, 7) is 1.10. The molecule has 1 amide bonds. The molecule has 1 saturated heterocycles. The van der Waals surface area contributed by atoms with E-state index in [9.17, 15) is 4.79 Å². The molecule has 0 saturated carbocycles. The molecule has 5 nitrogen and oxygen atoms in total. The lowest BCUT2D eigenvalue weighted by molar-refractivity contribution is -0.129. The second kappa shape index (κ2) is 4.90. The van der Waals surface area contributed by atoms with E-state index in [2.05, 4.69) is 4.98 Å². The maximum atomic E-state index is 11.8. The van der Waals surface area contributed by atoms with Crippen molar-refractivity contribution in [1.29, 1.82) is 0 Å². The molecule has 1 aromatic heterocycles. The van der Waals surface area contributed by atoms with Crippen LogP contribution in [0, 0.1) is 0 Å². The highest BCUT2D eigenvalue weighted by molar-refractivity contribution is 7.07. The fourth-order valence-electron chi connectivity index (χ4n) is 2.02. The molecule has 1 aromatic rings. The topological polar surface area (TPSA) is 68.5 Å². The van der Waals surface area contributed by atoms with Crippen LogP contribution in [0.4, 0.5) is 0 Å². The van der Waals surface area contributed by atoms with Gasteiger partial charge in [0.25, 0.3) is 0 Å². The molecule has 2 rings (SSSR count). The van der Waals surface area contributed by atoms with E-state index in [0.29, 0.717) is 19.6 Å². The molecular weight excluding hydrogens is 226 g/mol. The summed E-state index contributed by atoms with van der Waals surface area (Å²) in [5.74, 6) is 0.0857. The van der Waals surface area contributed by atoms with Crippen LogP contribution in [0.2, 0.25) is 0 Å². The zero-order chi connectivity index (χ0) is 11.5. The summed E-state index contributed by atoms with van der Waals surface area (Å²) in [6, 6.07) is -0.250. The Labute approximate surface area is 98.2 Å². The van der Waals surface area contributed by atoms with Crippen molar-refractivity contribution in [3.63, 3.8) is 0 Å². The van der Waals surface area contributed by atoms with E-state index >= 15 is 0 Å². The van der Waals surface area contributed by atoms with E-state index in [1.165, 1.54) is 11.3 Å². The molecule has 2 unspecified atom stereocenters. The quantitative estimate of drug-likeness (QED) is 0.828. The Kier molecular flexibility index (Phi) is 3.52. The number of nitrogens with two attached hydrogens (primary N) is 1. The number of carbonyl (C=O) groups is 1. The number of amides is 1. The Hall–Kier alpha value is -0.980. The molecule has 16 heavy (non-hydrogen) atoms. The summed E-state index contributed by atoms with van der Waals surface area (Å²) in [5, 5.41) is 1.95. The van der Waals surface area contributed by atoms with Crippen molar-refractivity contribution in [1.82, 2.24) is 9.88 Å². The third-order valence-electron chi connectivity index (χ3n) is 2.76. The minimum Gasteiger partial charge on any atom is -0.383 e. The zero-order valence-corrected chi connectivity index (χ0v) is 9.94. The molecule has 1 aliphatic heterocycles. The van der Waals surface area contributed by atoms with E-state index in [1.54, 1.807) is 17.5 Å². The minimum atomic E-state index is -0.161. The average Bonchev–Trinajstić information content (AvgIpc) is 2.83. The summed E-state index contributed by atoms with van der Waals surface area (Å²) in [4.78, 5) is 17.8. The van der Waals surface area contributed by atoms with Crippen molar-refractivity contribution < 1.29 is 9.53 Å². The second-order valence-corrected chi connectivity index (χ2v) is 4.52. The van der Waals surface area contributed by atoms with Crippen molar-refractivity contribution in [2.24, 2.45) is 5.73 Å². The van der Waals surface area contributed by atoms with Gasteiger partial charge in [-0.2, -0.15) is 0 Å². The van der Waals surface area contributed by atoms with Crippen LogP contribution < -0.4 is 5.73 Å². The molecule has 1 fully saturated rings. The fraction of sp³-hybridized carbons (Fsp3) is 0.600. The van der Waals surface area contributed by atoms with Gasteiger partial charge in [-0.3, -0.25) is 4.79 Å². The second-order valence-electron chi connectivity index (χ2n) is 3.81. The van der Waals surface area contributed by atoms with Gasteiger partial charge in [-0.1, -0.05) is 0 Å². The maximum absolute atomic E-state index is 11.8. The number of likely N-dealkylation sites (tertiary alicyclic amines) is 1. The first-order valence-electron chi connectivity index (χ1n) is 5.16. The van der Waals surface area contributed by atoms with E-state index < -0.39 is 0 Å². The standard InChI is InChI=1S/C10H15N3O2S/c1-15-3-2-13-9(14)4-7(11)10(13)8-5-16-6-12-8/h5-7,10H,2-4,11H2,1H3. The van der Waals surface area contributed by atoms with Gasteiger partial charge >= 0.3 is 0 Å². The van der Waals surface area contributed by atoms with Gasteiger partial charge in [0.05, 0.1) is 23.9 Å². The molecule has 88 valence electrons. The van der Waals surface area contributed by atoms with E-state index in [1.807, 2.05) is 5.38 Å². The highest BCUT2D eigenvalue weighted by Gasteiger charge is 2.39. The highest BCUT2D eigenvalue weighted by atomic mass is 32.1. The summed E-state index contributed by atoms with van der Waals surface area (Å²) in [5.41, 5.74) is 8.64. The Morgan fingerprint density at radius 2 is 2.56 bits per heavy atom. The molecule has 0 aromatic carbocycles. The average molecular weight is 241 g/mol. The van der Waals surface area contributed by atoms with Gasteiger partial charge in [0.1, 0.15) is 0 Å². The molecule has 2 heterocycles. The van der Waals surface area contributed by atoms with Crippen LogP contribution in [0.3, 0.4) is 0 Å². The van der Waals surface area contributed by atoms with Gasteiger partial charge in [-0.25, -0.2) is 4.98 Å². The summed E-state index contributed by atoms with van der Waals surface area (Å²) in [6.07, 6.45) is 0.395. The fourth-order valence-corrected chi connectivity index (χ4v) is 2.60. The third kappa shape index (κ3) is 2.09. The number of ether oxygens (including phenoxy) is 1. The normalized spacial score (nSPS) is 25.4. The smallest absolute Gasteiger partial charge is 0.224 e. The SMILES string of the molecule is COCCN1C(=O)CC(N)C1c1cscn1. The number of carbonyl (C=O) groups excluding carboxylic acids is 1. The molecule has 2 atom stereocenters. The summed E-state index contributed by atoms with van der Waals surface area (Å²) >= 11 is 1.52. The highest BCUT2D eigenvalue weighted by Crippen LogP contribution is 2.31. The van der Waals surface area contributed by atoms with Gasteiger partial charge in [0.15, 0.2) is 0 Å². The van der Waals surface area contributed by atoms with Gasteiger partial charge in [0, 0.05) is 31.5 Å². The Bertz CT molecular complexity index is 355. The molecule has 0 aliphatic carbocycles. The molecule has 1 aliphatic rings. The van der Waals surface area contributed by atoms with Gasteiger partial charge in [0.2, 0.25) is 5.91 Å². The molecule has 6 heteroatoms. The monoisotopic (exact) mass is 241 g/mol. The third-order valence-corrected chi connectivity index (χ3v) is 3.37. The Morgan fingerprint density at radius 3 is 3.19 bits per heavy atom. The van der Waals surface area contributed by atoms with Crippen LogP contribution in [-0.2, 0) is 9.53 Å². The van der Waals surface area contributed by atoms with Crippen LogP contribution in [0.25, 0.3) is 0 Å². The van der Waals surface area contributed by atoms with Crippen LogP contribution in [0.15, 0.2) is 10.9 Å². The first-order chi connectivity index (χ1) is 7.74. The number of hydrogen-bond donors (Lipinski definition) is 1. The van der Waals surface area contributed by atoms with Crippen molar-refractivity contribution in [2.45, 2.75) is 18.5 Å². The van der Waals surface area contributed by atoms with E-state index in [-0.39, 0.29) is 18.0 Å². The van der Waals surface area contributed by atoms with Crippen LogP contribution in [-0.4, -0.2) is 42.1 Å². The molecule has 0 spiro atoms. The molecule has 2 N–H and O–H groups in total. The molecule has 0 radical (unpaired) electrons. The lowest BCUT2D eigenvalue weighted by Crippen LogP contribution is -2.35. The minimum absolute atomic E-state index is 0.0857. The number of rotatable bonds is 4. The first kappa shape index (κ1) is 11.5. The molecule has 0 bridgehead atoms. The summed E-state index contributed by atoms with van der Waals surface area (Å²) < 4.78 is 5.00. The predicted molar refractivity (Wildman–Crippen MR) is 61.0 cm³/mol. The van der Waals surface area contributed by atoms with Crippen LogP contribution in [0.5, 0.6) is 0 Å². The van der Waals surface area contributed by atoms with Crippen molar-refractivity contribution in [2.75, 3.05) is 20.3 Å². The predicted octanol–water partition coefficient (Wildman–Crippen LogP) is 0.390. The number of hydrogen-bond acceptors (Lipinski definition) is 5. The van der Waals surface area contributed by atoms with Crippen molar-refractivity contribution in [3.05, 3.63) is 16.6 Å². The largest absolute Gasteiger partial charge is 0.383 e. The van der Waals surface area contributed by atoms with E-state index in [4.69, 9.17) is 10.5 Å². The number of nitrogens with zero attached hydrogens (tertiary/aromatic N) is 2. The molecular formula is C10H15N3O2S. The van der Waals surface area contributed by atoms with Crippen molar-refractivity contribution in [3.8, 4) is 0 Å². The van der Waals surface area contributed by atoms with Gasteiger partial charge in [-0.05, 0) is 0 Å². The number of methoxy groups -OCH3 is 1. The number of thiazole rings is 1. The van der Waals surface area contributed by atoms with Crippen molar-refractivity contribution >= 4 is 17.2 Å². The van der Waals surface area contributed by atoms with Crippen LogP contribution in [0.1, 0.15) is 18.2 Å². The lowest BCUT2D eigenvalue weighted by atomic mass is 10.1. The summed E-state index contributed by atoms with van der Waals surface area (Å²) in [7, 11) is 1.62. The Balaban J connectivity index is 2.16. The van der Waals surface area contributed by atoms with Crippen LogP contribution >= 0.6 is 11.3 Å². The Morgan fingerprint density at radius 1 is 1.75 bits per heavy atom. The number of aromatic nitrogens is 1. The van der Waals surface area contributed by atoms with E-state index in [0.717, 1.165) is 5.69 Å². The zero-order valence-electron chi connectivity index (χ0n) is 9.13. The van der Waals surface area contributed by atoms with Gasteiger partial charge in [-0.15, -0.1) is 11.3 Å². The van der Waals surface area contributed by atoms with Gasteiger partial charge < -0.3 is 15.4 Å². The first-order valence-corrected chi connectivity index (χ1v) is 6.10. The maximum Gasteiger partial charge on any atom is 0.224 e.